The third-order valence-corrected chi connectivity index (χ3v) is 3.95. The van der Waals surface area contributed by atoms with Crippen molar-refractivity contribution in [2.75, 3.05) is 6.54 Å². The summed E-state index contributed by atoms with van der Waals surface area (Å²) in [6.45, 7) is 0.557. The summed E-state index contributed by atoms with van der Waals surface area (Å²) in [6.07, 6.45) is 5.62. The second-order valence-corrected chi connectivity index (χ2v) is 5.40. The number of hydrogen-bond donors (Lipinski definition) is 2. The number of thiophene rings is 1. The van der Waals surface area contributed by atoms with Gasteiger partial charge in [-0.05, 0) is 23.6 Å². The first-order valence-corrected chi connectivity index (χ1v) is 7.47. The van der Waals surface area contributed by atoms with Gasteiger partial charge in [0.1, 0.15) is 5.69 Å². The molecular formula is C15H14N4OS. The van der Waals surface area contributed by atoms with Crippen LogP contribution in [0.3, 0.4) is 0 Å². The highest BCUT2D eigenvalue weighted by molar-refractivity contribution is 7.13. The van der Waals surface area contributed by atoms with E-state index >= 15 is 0 Å². The minimum atomic E-state index is -0.0883. The van der Waals surface area contributed by atoms with Crippen LogP contribution in [-0.4, -0.2) is 27.4 Å². The quantitative estimate of drug-likeness (QED) is 0.760. The zero-order valence-electron chi connectivity index (χ0n) is 11.2. The Morgan fingerprint density at radius 3 is 2.90 bits per heavy atom. The van der Waals surface area contributed by atoms with Gasteiger partial charge >= 0.3 is 0 Å². The molecule has 3 aromatic heterocycles. The lowest BCUT2D eigenvalue weighted by Gasteiger charge is -2.05. The SMILES string of the molecule is O=C(NCCc1[nH]cnc1-c1cccs1)c1ccncc1. The van der Waals surface area contributed by atoms with E-state index in [0.717, 1.165) is 16.3 Å². The van der Waals surface area contributed by atoms with E-state index < -0.39 is 0 Å². The van der Waals surface area contributed by atoms with Gasteiger partial charge in [0.15, 0.2) is 0 Å². The van der Waals surface area contributed by atoms with Crippen molar-refractivity contribution in [2.24, 2.45) is 0 Å². The maximum atomic E-state index is 11.9. The van der Waals surface area contributed by atoms with Gasteiger partial charge in [-0.15, -0.1) is 11.3 Å². The summed E-state index contributed by atoms with van der Waals surface area (Å²) in [4.78, 5) is 24.4. The monoisotopic (exact) mass is 298 g/mol. The Morgan fingerprint density at radius 1 is 1.29 bits per heavy atom. The highest BCUT2D eigenvalue weighted by Crippen LogP contribution is 2.25. The summed E-state index contributed by atoms with van der Waals surface area (Å²) in [6, 6.07) is 7.44. The largest absolute Gasteiger partial charge is 0.352 e. The van der Waals surface area contributed by atoms with E-state index in [1.54, 1.807) is 42.2 Å². The van der Waals surface area contributed by atoms with E-state index in [1.807, 2.05) is 17.5 Å². The van der Waals surface area contributed by atoms with Crippen molar-refractivity contribution in [2.45, 2.75) is 6.42 Å². The number of amides is 1. The molecule has 0 unspecified atom stereocenters. The summed E-state index contributed by atoms with van der Waals surface area (Å²) in [7, 11) is 0. The molecule has 0 saturated heterocycles. The average molecular weight is 298 g/mol. The maximum Gasteiger partial charge on any atom is 0.251 e. The predicted molar refractivity (Wildman–Crippen MR) is 82.2 cm³/mol. The summed E-state index contributed by atoms with van der Waals surface area (Å²) in [5, 5.41) is 4.93. The normalized spacial score (nSPS) is 10.5. The van der Waals surface area contributed by atoms with Crippen LogP contribution in [0.1, 0.15) is 16.1 Å². The minimum absolute atomic E-state index is 0.0883. The second-order valence-electron chi connectivity index (χ2n) is 4.45. The van der Waals surface area contributed by atoms with Gasteiger partial charge in [-0.25, -0.2) is 4.98 Å². The predicted octanol–water partition coefficient (Wildman–Crippen LogP) is 2.51. The molecule has 0 spiro atoms. The third-order valence-electron chi connectivity index (χ3n) is 3.08. The molecule has 21 heavy (non-hydrogen) atoms. The van der Waals surface area contributed by atoms with E-state index in [0.29, 0.717) is 18.5 Å². The lowest BCUT2D eigenvalue weighted by molar-refractivity contribution is 0.0954. The molecule has 0 saturated carbocycles. The Labute approximate surface area is 126 Å². The molecule has 1 amide bonds. The Morgan fingerprint density at radius 2 is 2.14 bits per heavy atom. The molecule has 3 heterocycles. The first kappa shape index (κ1) is 13.5. The van der Waals surface area contributed by atoms with Crippen LogP contribution >= 0.6 is 11.3 Å². The van der Waals surface area contributed by atoms with Crippen molar-refractivity contribution in [1.82, 2.24) is 20.3 Å². The fourth-order valence-corrected chi connectivity index (χ4v) is 2.79. The highest BCUT2D eigenvalue weighted by Gasteiger charge is 2.10. The van der Waals surface area contributed by atoms with E-state index in [2.05, 4.69) is 20.3 Å². The number of pyridine rings is 1. The third kappa shape index (κ3) is 3.17. The number of nitrogens with zero attached hydrogens (tertiary/aromatic N) is 2. The van der Waals surface area contributed by atoms with Crippen molar-refractivity contribution < 1.29 is 4.79 Å². The van der Waals surface area contributed by atoms with E-state index in [1.165, 1.54) is 0 Å². The molecule has 0 bridgehead atoms. The van der Waals surface area contributed by atoms with Gasteiger partial charge in [-0.1, -0.05) is 6.07 Å². The van der Waals surface area contributed by atoms with Crippen LogP contribution < -0.4 is 5.32 Å². The van der Waals surface area contributed by atoms with Gasteiger partial charge in [0.2, 0.25) is 0 Å². The van der Waals surface area contributed by atoms with Crippen LogP contribution in [-0.2, 0) is 6.42 Å². The molecule has 3 aromatic rings. The summed E-state index contributed by atoms with van der Waals surface area (Å²) < 4.78 is 0. The number of nitrogens with one attached hydrogen (secondary N) is 2. The fourth-order valence-electron chi connectivity index (χ4n) is 2.04. The number of imidazole rings is 1. The van der Waals surface area contributed by atoms with Crippen LogP contribution in [0.2, 0.25) is 0 Å². The molecule has 0 aliphatic carbocycles. The number of H-pyrrole nitrogens is 1. The molecule has 106 valence electrons. The first-order valence-electron chi connectivity index (χ1n) is 6.59. The second kappa shape index (κ2) is 6.32. The Balaban J connectivity index is 1.59. The van der Waals surface area contributed by atoms with Crippen LogP contribution in [0, 0.1) is 0 Å². The van der Waals surface area contributed by atoms with Gasteiger partial charge in [0, 0.05) is 36.6 Å². The number of aromatic nitrogens is 3. The summed E-state index contributed by atoms with van der Waals surface area (Å²) >= 11 is 1.65. The molecule has 0 radical (unpaired) electrons. The minimum Gasteiger partial charge on any atom is -0.352 e. The molecule has 5 nitrogen and oxygen atoms in total. The molecule has 3 rings (SSSR count). The van der Waals surface area contributed by atoms with Crippen molar-refractivity contribution in [1.29, 1.82) is 0 Å². The van der Waals surface area contributed by atoms with E-state index in [9.17, 15) is 4.79 Å². The lowest BCUT2D eigenvalue weighted by atomic mass is 10.2. The van der Waals surface area contributed by atoms with Crippen LogP contribution in [0.25, 0.3) is 10.6 Å². The van der Waals surface area contributed by atoms with Crippen LogP contribution in [0.5, 0.6) is 0 Å². The lowest BCUT2D eigenvalue weighted by Crippen LogP contribution is -2.25. The first-order chi connectivity index (χ1) is 10.3. The molecule has 0 atom stereocenters. The number of hydrogen-bond acceptors (Lipinski definition) is 4. The fraction of sp³-hybridized carbons (Fsp3) is 0.133. The van der Waals surface area contributed by atoms with Gasteiger partial charge in [0.05, 0.1) is 11.2 Å². The van der Waals surface area contributed by atoms with E-state index in [4.69, 9.17) is 0 Å². The zero-order chi connectivity index (χ0) is 14.5. The average Bonchev–Trinajstić information content (AvgIpc) is 3.18. The van der Waals surface area contributed by atoms with Gasteiger partial charge < -0.3 is 10.3 Å². The Bertz CT molecular complexity index is 706. The molecular weight excluding hydrogens is 284 g/mol. The molecule has 0 fully saturated rings. The van der Waals surface area contributed by atoms with Gasteiger partial charge in [-0.3, -0.25) is 9.78 Å². The summed E-state index contributed by atoms with van der Waals surface area (Å²) in [5.74, 6) is -0.0883. The van der Waals surface area contributed by atoms with Crippen molar-refractivity contribution in [3.8, 4) is 10.6 Å². The number of aromatic amines is 1. The van der Waals surface area contributed by atoms with Crippen molar-refractivity contribution in [3.63, 3.8) is 0 Å². The van der Waals surface area contributed by atoms with Crippen LogP contribution in [0.4, 0.5) is 0 Å². The topological polar surface area (TPSA) is 70.7 Å². The van der Waals surface area contributed by atoms with Crippen molar-refractivity contribution >= 4 is 17.2 Å². The standard InChI is InChI=1S/C15H14N4OS/c20-15(11-3-6-16-7-4-11)17-8-5-12-14(19-10-18-12)13-2-1-9-21-13/h1-4,6-7,9-10H,5,8H2,(H,17,20)(H,18,19). The molecule has 6 heteroatoms. The zero-order valence-corrected chi connectivity index (χ0v) is 12.1. The molecule has 0 aliphatic rings. The number of carbonyl (C=O) groups is 1. The smallest absolute Gasteiger partial charge is 0.251 e. The summed E-state index contributed by atoms with van der Waals surface area (Å²) in [5.41, 5.74) is 2.61. The van der Waals surface area contributed by atoms with Crippen molar-refractivity contribution in [3.05, 3.63) is 59.6 Å². The van der Waals surface area contributed by atoms with E-state index in [-0.39, 0.29) is 5.91 Å². The number of carbonyl (C=O) groups excluding carboxylic acids is 1. The molecule has 0 aromatic carbocycles. The highest BCUT2D eigenvalue weighted by atomic mass is 32.1. The Kier molecular flexibility index (Phi) is 4.07. The Hall–Kier alpha value is -2.47. The maximum absolute atomic E-state index is 11.9. The van der Waals surface area contributed by atoms with Gasteiger partial charge in [0.25, 0.3) is 5.91 Å². The van der Waals surface area contributed by atoms with Gasteiger partial charge in [-0.2, -0.15) is 0 Å². The molecule has 0 aliphatic heterocycles. The van der Waals surface area contributed by atoms with Crippen LogP contribution in [0.15, 0.2) is 48.4 Å². The number of rotatable bonds is 5. The molecule has 2 N–H and O–H groups in total.